The third kappa shape index (κ3) is 2.50. The molecule has 1 aromatic rings. The third-order valence-corrected chi connectivity index (χ3v) is 2.71. The van der Waals surface area contributed by atoms with Gasteiger partial charge in [-0.1, -0.05) is 0 Å². The zero-order valence-corrected chi connectivity index (χ0v) is 8.30. The number of thiazole rings is 1. The maximum Gasteiger partial charge on any atom is 0.308 e. The molecule has 1 rings (SSSR count). The number of carbonyl (C=O) groups is 1. The van der Waals surface area contributed by atoms with Gasteiger partial charge in [-0.3, -0.25) is 4.79 Å². The number of hydrogen-bond acceptors (Lipinski definition) is 5. The van der Waals surface area contributed by atoms with E-state index in [1.165, 1.54) is 18.4 Å². The van der Waals surface area contributed by atoms with Gasteiger partial charge in [-0.25, -0.2) is 4.98 Å². The molecule has 0 aliphatic carbocycles. The number of nitrogens with zero attached hydrogens (tertiary/aromatic N) is 1. The molecule has 0 aliphatic rings. The summed E-state index contributed by atoms with van der Waals surface area (Å²) in [5, 5.41) is 9.56. The van der Waals surface area contributed by atoms with Crippen LogP contribution in [-0.4, -0.2) is 23.2 Å². The molecule has 0 saturated carbocycles. The molecule has 1 N–H and O–H groups in total. The van der Waals surface area contributed by atoms with Crippen LogP contribution < -0.4 is 0 Å². The lowest BCUT2D eigenvalue weighted by atomic mass is 10.2. The molecular formula is C8H11NO3S. The number of aryl methyl sites for hydroxylation is 1. The van der Waals surface area contributed by atoms with Crippen molar-refractivity contribution >= 4 is 17.3 Å². The minimum atomic E-state index is -0.792. The Labute approximate surface area is 80.2 Å². The Balaban J connectivity index is 2.63. The maximum atomic E-state index is 10.8. The van der Waals surface area contributed by atoms with Crippen LogP contribution in [0.1, 0.15) is 23.1 Å². The quantitative estimate of drug-likeness (QED) is 0.742. The van der Waals surface area contributed by atoms with E-state index in [4.69, 9.17) is 0 Å². The molecule has 13 heavy (non-hydrogen) atoms. The molecule has 4 nitrogen and oxygen atoms in total. The van der Waals surface area contributed by atoms with Crippen LogP contribution >= 0.6 is 11.3 Å². The topological polar surface area (TPSA) is 59.4 Å². The van der Waals surface area contributed by atoms with Gasteiger partial charge in [-0.15, -0.1) is 11.3 Å². The van der Waals surface area contributed by atoms with Crippen LogP contribution in [0.3, 0.4) is 0 Å². The summed E-state index contributed by atoms with van der Waals surface area (Å²) < 4.78 is 4.44. The summed E-state index contributed by atoms with van der Waals surface area (Å²) in [6.07, 6.45) is -0.806. The van der Waals surface area contributed by atoms with Gasteiger partial charge in [0.2, 0.25) is 0 Å². The largest absolute Gasteiger partial charge is 0.469 e. The average Bonchev–Trinajstić information content (AvgIpc) is 2.51. The Hall–Kier alpha value is -0.940. The molecule has 0 unspecified atom stereocenters. The molecule has 0 amide bonds. The molecule has 0 aliphatic heterocycles. The zero-order chi connectivity index (χ0) is 9.84. The van der Waals surface area contributed by atoms with Gasteiger partial charge in [0, 0.05) is 0 Å². The molecule has 0 bridgehead atoms. The molecule has 72 valence electrons. The minimum Gasteiger partial charge on any atom is -0.469 e. The first kappa shape index (κ1) is 10.1. The molecule has 0 spiro atoms. The Kier molecular flexibility index (Phi) is 3.39. The molecule has 0 fully saturated rings. The van der Waals surface area contributed by atoms with Gasteiger partial charge in [-0.05, 0) is 6.92 Å². The number of hydrogen-bond donors (Lipinski definition) is 1. The van der Waals surface area contributed by atoms with Gasteiger partial charge in [-0.2, -0.15) is 0 Å². The third-order valence-electron chi connectivity index (χ3n) is 1.67. The van der Waals surface area contributed by atoms with E-state index < -0.39 is 12.1 Å². The Morgan fingerprint density at radius 3 is 3.00 bits per heavy atom. The van der Waals surface area contributed by atoms with Crippen LogP contribution in [0.25, 0.3) is 0 Å². The Bertz CT molecular complexity index is 297. The summed E-state index contributed by atoms with van der Waals surface area (Å²) in [4.78, 5) is 15.5. The van der Waals surface area contributed by atoms with Gasteiger partial charge < -0.3 is 9.84 Å². The van der Waals surface area contributed by atoms with E-state index in [1.54, 1.807) is 12.4 Å². The predicted molar refractivity (Wildman–Crippen MR) is 48.4 cm³/mol. The summed E-state index contributed by atoms with van der Waals surface area (Å²) in [6, 6.07) is 0. The second kappa shape index (κ2) is 4.34. The zero-order valence-electron chi connectivity index (χ0n) is 7.48. The molecule has 0 saturated heterocycles. The highest BCUT2D eigenvalue weighted by Gasteiger charge is 2.16. The first-order valence-electron chi connectivity index (χ1n) is 3.80. The monoisotopic (exact) mass is 201 g/mol. The Morgan fingerprint density at radius 2 is 2.54 bits per heavy atom. The number of aromatic nitrogens is 1. The summed E-state index contributed by atoms with van der Waals surface area (Å²) in [5.41, 5.74) is 2.41. The fraction of sp³-hybridized carbons (Fsp3) is 0.500. The number of ether oxygens (including phenoxy) is 1. The SMILES string of the molecule is COC(=O)C[C@H](O)c1scnc1C. The highest BCUT2D eigenvalue weighted by atomic mass is 32.1. The molecule has 0 aromatic carbocycles. The second-order valence-electron chi connectivity index (χ2n) is 2.60. The number of esters is 1. The van der Waals surface area contributed by atoms with E-state index in [1.807, 2.05) is 0 Å². The van der Waals surface area contributed by atoms with Crippen molar-refractivity contribution in [1.29, 1.82) is 0 Å². The van der Waals surface area contributed by atoms with E-state index in [2.05, 4.69) is 9.72 Å². The lowest BCUT2D eigenvalue weighted by Gasteiger charge is -2.06. The predicted octanol–water partition coefficient (Wildman–Crippen LogP) is 1.05. The highest BCUT2D eigenvalue weighted by molar-refractivity contribution is 7.09. The molecular weight excluding hydrogens is 190 g/mol. The van der Waals surface area contributed by atoms with Crippen molar-refractivity contribution in [2.24, 2.45) is 0 Å². The van der Waals surface area contributed by atoms with E-state index >= 15 is 0 Å². The molecule has 5 heteroatoms. The van der Waals surface area contributed by atoms with Crippen molar-refractivity contribution in [3.8, 4) is 0 Å². The summed E-state index contributed by atoms with van der Waals surface area (Å²) in [7, 11) is 1.30. The van der Waals surface area contributed by atoms with Crippen molar-refractivity contribution in [3.63, 3.8) is 0 Å². The number of rotatable bonds is 3. The lowest BCUT2D eigenvalue weighted by molar-refractivity contribution is -0.142. The molecule has 1 aromatic heterocycles. The normalized spacial score (nSPS) is 12.5. The number of aliphatic hydroxyl groups is 1. The van der Waals surface area contributed by atoms with Gasteiger partial charge >= 0.3 is 5.97 Å². The van der Waals surface area contributed by atoms with Gasteiger partial charge in [0.1, 0.15) is 6.10 Å². The van der Waals surface area contributed by atoms with Gasteiger partial charge in [0.15, 0.2) is 0 Å². The van der Waals surface area contributed by atoms with E-state index in [9.17, 15) is 9.90 Å². The van der Waals surface area contributed by atoms with Crippen LogP contribution in [0.2, 0.25) is 0 Å². The van der Waals surface area contributed by atoms with Crippen molar-refractivity contribution in [3.05, 3.63) is 16.1 Å². The van der Waals surface area contributed by atoms with Crippen LogP contribution in [0, 0.1) is 6.92 Å². The number of aliphatic hydroxyl groups excluding tert-OH is 1. The van der Waals surface area contributed by atoms with Crippen LogP contribution in [0.5, 0.6) is 0 Å². The average molecular weight is 201 g/mol. The Morgan fingerprint density at radius 1 is 1.85 bits per heavy atom. The van der Waals surface area contributed by atoms with Gasteiger partial charge in [0.25, 0.3) is 0 Å². The summed E-state index contributed by atoms with van der Waals surface area (Å²) >= 11 is 1.34. The van der Waals surface area contributed by atoms with Crippen LogP contribution in [0.4, 0.5) is 0 Å². The standard InChI is InChI=1S/C8H11NO3S/c1-5-8(13-4-9-5)6(10)3-7(11)12-2/h4,6,10H,3H2,1-2H3/t6-/m0/s1. The van der Waals surface area contributed by atoms with Crippen molar-refractivity contribution < 1.29 is 14.6 Å². The second-order valence-corrected chi connectivity index (χ2v) is 3.48. The highest BCUT2D eigenvalue weighted by Crippen LogP contribution is 2.24. The maximum absolute atomic E-state index is 10.8. The first-order chi connectivity index (χ1) is 6.15. The van der Waals surface area contributed by atoms with E-state index in [-0.39, 0.29) is 6.42 Å². The van der Waals surface area contributed by atoms with Crippen LogP contribution in [-0.2, 0) is 9.53 Å². The molecule has 1 heterocycles. The number of carbonyl (C=O) groups excluding carboxylic acids is 1. The van der Waals surface area contributed by atoms with E-state index in [0.717, 1.165) is 10.6 Å². The molecule has 1 atom stereocenters. The van der Waals surface area contributed by atoms with Crippen molar-refractivity contribution in [1.82, 2.24) is 4.98 Å². The lowest BCUT2D eigenvalue weighted by Crippen LogP contribution is -2.07. The minimum absolute atomic E-state index is 0.0144. The van der Waals surface area contributed by atoms with Crippen molar-refractivity contribution in [2.75, 3.05) is 7.11 Å². The van der Waals surface area contributed by atoms with Gasteiger partial charge in [0.05, 0.1) is 29.6 Å². The fourth-order valence-electron chi connectivity index (χ4n) is 0.965. The summed E-state index contributed by atoms with van der Waals surface area (Å²) in [6.45, 7) is 1.80. The summed E-state index contributed by atoms with van der Waals surface area (Å²) in [5.74, 6) is -0.416. The fourth-order valence-corrected chi connectivity index (χ4v) is 1.75. The van der Waals surface area contributed by atoms with Crippen molar-refractivity contribution in [2.45, 2.75) is 19.4 Å². The molecule has 0 radical (unpaired) electrons. The smallest absolute Gasteiger partial charge is 0.308 e. The number of methoxy groups -OCH3 is 1. The van der Waals surface area contributed by atoms with Crippen LogP contribution in [0.15, 0.2) is 5.51 Å². The van der Waals surface area contributed by atoms with E-state index in [0.29, 0.717) is 0 Å². The first-order valence-corrected chi connectivity index (χ1v) is 4.68.